The fourth-order valence-corrected chi connectivity index (χ4v) is 3.86. The summed E-state index contributed by atoms with van der Waals surface area (Å²) >= 11 is 6.06. The molecule has 0 bridgehead atoms. The molecule has 1 heterocycles. The van der Waals surface area contributed by atoms with Crippen LogP contribution in [0.25, 0.3) is 11.1 Å². The molecule has 0 spiro atoms. The molecule has 0 radical (unpaired) electrons. The van der Waals surface area contributed by atoms with Crippen molar-refractivity contribution >= 4 is 29.0 Å². The summed E-state index contributed by atoms with van der Waals surface area (Å²) in [5.74, 6) is -0.321. The lowest BCUT2D eigenvalue weighted by Gasteiger charge is -2.25. The number of rotatable bonds is 9. The molecule has 6 heteroatoms. The quantitative estimate of drug-likeness (QED) is 0.258. The zero-order chi connectivity index (χ0) is 24.0. The molecular weight excluding hydrogens is 439 g/mol. The fourth-order valence-electron chi connectivity index (χ4n) is 3.64. The molecule has 0 aliphatic heterocycles. The average Bonchev–Trinajstić information content (AvgIpc) is 2.81. The molecule has 33 heavy (non-hydrogen) atoms. The number of Topliss-reactive ketones (excluding diaryl/α,β-unsaturated/α-hetero) is 1. The predicted molar refractivity (Wildman–Crippen MR) is 131 cm³/mol. The number of ketones is 1. The summed E-state index contributed by atoms with van der Waals surface area (Å²) in [6, 6.07) is 15.7. The lowest BCUT2D eigenvalue weighted by Crippen LogP contribution is -2.34. The number of pyridine rings is 1. The predicted octanol–water partition coefficient (Wildman–Crippen LogP) is 6.76. The van der Waals surface area contributed by atoms with Crippen LogP contribution in [-0.4, -0.2) is 23.2 Å². The van der Waals surface area contributed by atoms with E-state index in [0.717, 1.165) is 11.1 Å². The molecule has 0 atom stereocenters. The van der Waals surface area contributed by atoms with Crippen LogP contribution in [0.2, 0.25) is 5.15 Å². The van der Waals surface area contributed by atoms with E-state index in [2.05, 4.69) is 4.98 Å². The summed E-state index contributed by atoms with van der Waals surface area (Å²) in [5.41, 5.74) is 3.20. The van der Waals surface area contributed by atoms with Crippen molar-refractivity contribution in [2.45, 2.75) is 40.0 Å². The number of hydrogen-bond acceptors (Lipinski definition) is 3. The first-order valence-electron chi connectivity index (χ1n) is 11.1. The summed E-state index contributed by atoms with van der Waals surface area (Å²) in [5, 5.41) is 0.415. The van der Waals surface area contributed by atoms with E-state index >= 15 is 0 Å². The van der Waals surface area contributed by atoms with E-state index in [1.807, 2.05) is 32.0 Å². The van der Waals surface area contributed by atoms with Crippen LogP contribution in [0.4, 0.5) is 10.1 Å². The standard InChI is InChI=1S/C27H28ClFN2O2/c1-4-26(33)31(17-18(2)3)24-13-11-22(16-23(24)29)19-7-9-20(10-8-19)25(32)14-12-21-6-5-15-30-27(21)28/h5-11,13,15-16,18H,4,12,14,17H2,1-3H3. The van der Waals surface area contributed by atoms with Gasteiger partial charge in [-0.05, 0) is 47.2 Å². The third kappa shape index (κ3) is 6.26. The lowest BCUT2D eigenvalue weighted by atomic mass is 9.99. The summed E-state index contributed by atoms with van der Waals surface area (Å²) in [7, 11) is 0. The third-order valence-electron chi connectivity index (χ3n) is 5.39. The van der Waals surface area contributed by atoms with Gasteiger partial charge in [0.15, 0.2) is 5.78 Å². The number of nitrogens with zero attached hydrogens (tertiary/aromatic N) is 2. The third-order valence-corrected chi connectivity index (χ3v) is 5.73. The van der Waals surface area contributed by atoms with Crippen LogP contribution in [0.3, 0.4) is 0 Å². The summed E-state index contributed by atoms with van der Waals surface area (Å²) in [6.07, 6.45) is 2.77. The topological polar surface area (TPSA) is 50.3 Å². The van der Waals surface area contributed by atoms with E-state index in [0.29, 0.717) is 47.8 Å². The zero-order valence-electron chi connectivity index (χ0n) is 19.1. The zero-order valence-corrected chi connectivity index (χ0v) is 19.9. The van der Waals surface area contributed by atoms with Gasteiger partial charge in [0, 0.05) is 31.1 Å². The Morgan fingerprint density at radius 2 is 1.76 bits per heavy atom. The highest BCUT2D eigenvalue weighted by molar-refractivity contribution is 6.30. The summed E-state index contributed by atoms with van der Waals surface area (Å²) in [6.45, 7) is 6.23. The SMILES string of the molecule is CCC(=O)N(CC(C)C)c1ccc(-c2ccc(C(=O)CCc3cccnc3Cl)cc2)cc1F. The Hall–Kier alpha value is -3.05. The maximum Gasteiger partial charge on any atom is 0.226 e. The number of carbonyl (C=O) groups excluding carboxylic acids is 2. The van der Waals surface area contributed by atoms with E-state index in [1.165, 1.54) is 11.0 Å². The number of amides is 1. The first-order chi connectivity index (χ1) is 15.8. The maximum atomic E-state index is 15.0. The fraction of sp³-hybridized carbons (Fsp3) is 0.296. The Morgan fingerprint density at radius 3 is 2.36 bits per heavy atom. The van der Waals surface area contributed by atoms with Gasteiger partial charge in [0.25, 0.3) is 0 Å². The van der Waals surface area contributed by atoms with Crippen molar-refractivity contribution in [3.8, 4) is 11.1 Å². The van der Waals surface area contributed by atoms with E-state index < -0.39 is 5.82 Å². The molecule has 0 saturated carbocycles. The Kier molecular flexibility index (Phi) is 8.34. The second kappa shape index (κ2) is 11.2. The minimum atomic E-state index is -0.441. The Morgan fingerprint density at radius 1 is 1.06 bits per heavy atom. The second-order valence-corrected chi connectivity index (χ2v) is 8.73. The van der Waals surface area contributed by atoms with Crippen molar-refractivity contribution in [2.75, 3.05) is 11.4 Å². The van der Waals surface area contributed by atoms with Crippen LogP contribution < -0.4 is 4.90 Å². The molecule has 0 fully saturated rings. The van der Waals surface area contributed by atoms with Crippen molar-refractivity contribution in [3.63, 3.8) is 0 Å². The first-order valence-corrected chi connectivity index (χ1v) is 11.5. The molecule has 0 N–H and O–H groups in total. The smallest absolute Gasteiger partial charge is 0.226 e. The molecule has 1 amide bonds. The normalized spacial score (nSPS) is 11.0. The minimum Gasteiger partial charge on any atom is -0.309 e. The van der Waals surface area contributed by atoms with E-state index in [9.17, 15) is 14.0 Å². The van der Waals surface area contributed by atoms with Crippen LogP contribution in [0.15, 0.2) is 60.8 Å². The van der Waals surface area contributed by atoms with Gasteiger partial charge < -0.3 is 4.90 Å². The second-order valence-electron chi connectivity index (χ2n) is 8.37. The molecule has 3 aromatic rings. The molecule has 3 rings (SSSR count). The molecule has 2 aromatic carbocycles. The number of aryl methyl sites for hydroxylation is 1. The van der Waals surface area contributed by atoms with E-state index in [-0.39, 0.29) is 17.6 Å². The highest BCUT2D eigenvalue weighted by Crippen LogP contribution is 2.28. The van der Waals surface area contributed by atoms with Gasteiger partial charge in [-0.15, -0.1) is 0 Å². The molecular formula is C27H28ClFN2O2. The number of carbonyl (C=O) groups is 2. The minimum absolute atomic E-state index is 0.00500. The van der Waals surface area contributed by atoms with Gasteiger partial charge in [-0.2, -0.15) is 0 Å². The van der Waals surface area contributed by atoms with Crippen molar-refractivity contribution in [1.82, 2.24) is 4.98 Å². The Balaban J connectivity index is 1.73. The first kappa shape index (κ1) is 24.6. The van der Waals surface area contributed by atoms with Crippen LogP contribution in [-0.2, 0) is 11.2 Å². The van der Waals surface area contributed by atoms with Gasteiger partial charge in [0.2, 0.25) is 5.91 Å². The molecule has 1 aromatic heterocycles. The summed E-state index contributed by atoms with van der Waals surface area (Å²) < 4.78 is 15.0. The number of hydrogen-bond donors (Lipinski definition) is 0. The van der Waals surface area contributed by atoms with Crippen molar-refractivity contribution in [2.24, 2.45) is 5.92 Å². The van der Waals surface area contributed by atoms with Crippen LogP contribution >= 0.6 is 11.6 Å². The highest BCUT2D eigenvalue weighted by Gasteiger charge is 2.19. The van der Waals surface area contributed by atoms with Crippen LogP contribution in [0, 0.1) is 11.7 Å². The molecule has 4 nitrogen and oxygen atoms in total. The van der Waals surface area contributed by atoms with E-state index in [4.69, 9.17) is 11.6 Å². The van der Waals surface area contributed by atoms with Crippen LogP contribution in [0.1, 0.15) is 49.5 Å². The Labute approximate surface area is 199 Å². The van der Waals surface area contributed by atoms with Gasteiger partial charge in [-0.25, -0.2) is 9.37 Å². The number of benzene rings is 2. The van der Waals surface area contributed by atoms with Gasteiger partial charge >= 0.3 is 0 Å². The van der Waals surface area contributed by atoms with Gasteiger partial charge in [-0.3, -0.25) is 9.59 Å². The molecule has 0 unspecified atom stereocenters. The van der Waals surface area contributed by atoms with Crippen molar-refractivity contribution in [3.05, 3.63) is 82.9 Å². The molecule has 0 saturated heterocycles. The molecule has 0 aliphatic rings. The number of aromatic nitrogens is 1. The Bertz CT molecular complexity index is 1130. The van der Waals surface area contributed by atoms with E-state index in [1.54, 1.807) is 43.5 Å². The van der Waals surface area contributed by atoms with Crippen molar-refractivity contribution in [1.29, 1.82) is 0 Å². The monoisotopic (exact) mass is 466 g/mol. The van der Waals surface area contributed by atoms with Crippen LogP contribution in [0.5, 0.6) is 0 Å². The van der Waals surface area contributed by atoms with Crippen molar-refractivity contribution < 1.29 is 14.0 Å². The van der Waals surface area contributed by atoms with Gasteiger partial charge in [-0.1, -0.05) is 68.8 Å². The number of halogens is 2. The van der Waals surface area contributed by atoms with Gasteiger partial charge in [0.1, 0.15) is 11.0 Å². The van der Waals surface area contributed by atoms with Gasteiger partial charge in [0.05, 0.1) is 5.69 Å². The lowest BCUT2D eigenvalue weighted by molar-refractivity contribution is -0.118. The average molecular weight is 467 g/mol. The number of anilines is 1. The highest BCUT2D eigenvalue weighted by atomic mass is 35.5. The summed E-state index contributed by atoms with van der Waals surface area (Å²) in [4.78, 5) is 30.4. The largest absolute Gasteiger partial charge is 0.309 e. The maximum absolute atomic E-state index is 15.0. The molecule has 172 valence electrons. The molecule has 0 aliphatic carbocycles.